The first-order valence-electron chi connectivity index (χ1n) is 7.30. The van der Waals surface area contributed by atoms with E-state index < -0.39 is 7.12 Å². The fourth-order valence-corrected chi connectivity index (χ4v) is 3.02. The minimum absolute atomic E-state index is 0.278. The predicted octanol–water partition coefficient (Wildman–Crippen LogP) is 2.60. The fraction of sp³-hybridized carbons (Fsp3) is 0. The highest BCUT2D eigenvalue weighted by molar-refractivity contribution is 6.59. The molecule has 0 fully saturated rings. The number of hydrogen-bond donors (Lipinski definition) is 2. The van der Waals surface area contributed by atoms with Crippen LogP contribution in [0.15, 0.2) is 66.7 Å². The van der Waals surface area contributed by atoms with Crippen molar-refractivity contribution in [2.45, 2.75) is 0 Å². The maximum Gasteiger partial charge on any atom is 0.488 e. The Hall–Kier alpha value is -2.63. The van der Waals surface area contributed by atoms with Gasteiger partial charge < -0.3 is 14.6 Å². The van der Waals surface area contributed by atoms with Crippen LogP contribution in [0.4, 0.5) is 4.39 Å². The van der Waals surface area contributed by atoms with Gasteiger partial charge in [-0.1, -0.05) is 30.3 Å². The van der Waals surface area contributed by atoms with Crippen LogP contribution in [-0.4, -0.2) is 21.7 Å². The lowest BCUT2D eigenvalue weighted by Gasteiger charge is -2.08. The average Bonchev–Trinajstić information content (AvgIpc) is 2.89. The summed E-state index contributed by atoms with van der Waals surface area (Å²) in [5.74, 6) is -0.278. The number of hydrogen-bond acceptors (Lipinski definition) is 2. The molecule has 23 heavy (non-hydrogen) atoms. The Balaban J connectivity index is 2.11. The van der Waals surface area contributed by atoms with Gasteiger partial charge in [-0.3, -0.25) is 0 Å². The van der Waals surface area contributed by atoms with Gasteiger partial charge in [0.05, 0.1) is 11.0 Å². The zero-order chi connectivity index (χ0) is 16.0. The number of aromatic nitrogens is 1. The van der Waals surface area contributed by atoms with Crippen LogP contribution < -0.4 is 5.46 Å². The summed E-state index contributed by atoms with van der Waals surface area (Å²) in [5, 5.41) is 20.8. The van der Waals surface area contributed by atoms with E-state index in [1.165, 1.54) is 12.1 Å². The van der Waals surface area contributed by atoms with Gasteiger partial charge in [-0.25, -0.2) is 4.39 Å². The van der Waals surface area contributed by atoms with Crippen molar-refractivity contribution in [3.63, 3.8) is 0 Å². The molecule has 0 bridgehead atoms. The number of benzene rings is 3. The highest BCUT2D eigenvalue weighted by atomic mass is 19.1. The van der Waals surface area contributed by atoms with Crippen molar-refractivity contribution < 1.29 is 14.4 Å². The van der Waals surface area contributed by atoms with Gasteiger partial charge in [0.1, 0.15) is 5.82 Å². The van der Waals surface area contributed by atoms with E-state index in [0.717, 1.165) is 27.5 Å². The molecule has 0 aliphatic heterocycles. The Morgan fingerprint density at radius 1 is 0.783 bits per heavy atom. The van der Waals surface area contributed by atoms with Crippen LogP contribution >= 0.6 is 0 Å². The first-order valence-corrected chi connectivity index (χ1v) is 7.30. The summed E-state index contributed by atoms with van der Waals surface area (Å²) < 4.78 is 15.3. The molecule has 0 saturated heterocycles. The summed E-state index contributed by atoms with van der Waals surface area (Å²) in [4.78, 5) is 0. The van der Waals surface area contributed by atoms with E-state index in [0.29, 0.717) is 5.46 Å². The van der Waals surface area contributed by atoms with Gasteiger partial charge in [0.2, 0.25) is 0 Å². The number of para-hydroxylation sites is 1. The lowest BCUT2D eigenvalue weighted by molar-refractivity contribution is 0.426. The molecular formula is C18H13BFNO2. The summed E-state index contributed by atoms with van der Waals surface area (Å²) in [6, 6.07) is 19.5. The van der Waals surface area contributed by atoms with E-state index >= 15 is 0 Å². The Morgan fingerprint density at radius 3 is 2.22 bits per heavy atom. The highest BCUT2D eigenvalue weighted by Gasteiger charge is 2.16. The molecule has 0 radical (unpaired) electrons. The third-order valence-corrected chi connectivity index (χ3v) is 4.08. The molecule has 4 rings (SSSR count). The maximum absolute atomic E-state index is 13.2. The number of halogens is 1. The molecule has 1 heterocycles. The van der Waals surface area contributed by atoms with Crippen LogP contribution in [0.5, 0.6) is 0 Å². The minimum atomic E-state index is -1.51. The van der Waals surface area contributed by atoms with Crippen LogP contribution in [0.3, 0.4) is 0 Å². The molecule has 0 atom stereocenters. The molecule has 3 aromatic carbocycles. The van der Waals surface area contributed by atoms with Gasteiger partial charge in [0, 0.05) is 16.5 Å². The van der Waals surface area contributed by atoms with Crippen LogP contribution in [0.25, 0.3) is 27.5 Å². The second-order valence-corrected chi connectivity index (χ2v) is 5.48. The number of nitrogens with zero attached hydrogens (tertiary/aromatic N) is 1. The standard InChI is InChI=1S/C18H13BFNO2/c20-13-6-8-14(9-7-13)21-17-4-2-1-3-15(17)16-11-12(19(22)23)5-10-18(16)21/h1-11,22-23H. The molecule has 0 aliphatic carbocycles. The minimum Gasteiger partial charge on any atom is -0.423 e. The average molecular weight is 305 g/mol. The third kappa shape index (κ3) is 2.22. The Kier molecular flexibility index (Phi) is 3.18. The highest BCUT2D eigenvalue weighted by Crippen LogP contribution is 2.31. The van der Waals surface area contributed by atoms with E-state index in [-0.39, 0.29) is 5.82 Å². The lowest BCUT2D eigenvalue weighted by atomic mass is 9.80. The summed E-state index contributed by atoms with van der Waals surface area (Å²) in [5.41, 5.74) is 3.22. The molecule has 0 unspecified atom stereocenters. The SMILES string of the molecule is OB(O)c1ccc2c(c1)c1ccccc1n2-c1ccc(F)cc1. The molecule has 1 aromatic heterocycles. The summed E-state index contributed by atoms with van der Waals surface area (Å²) in [6.07, 6.45) is 0. The van der Waals surface area contributed by atoms with Gasteiger partial charge in [-0.05, 0) is 41.9 Å². The largest absolute Gasteiger partial charge is 0.488 e. The summed E-state index contributed by atoms with van der Waals surface area (Å²) in [7, 11) is -1.51. The maximum atomic E-state index is 13.2. The van der Waals surface area contributed by atoms with E-state index in [2.05, 4.69) is 0 Å². The van der Waals surface area contributed by atoms with E-state index in [4.69, 9.17) is 0 Å². The van der Waals surface area contributed by atoms with Gasteiger partial charge >= 0.3 is 7.12 Å². The molecule has 112 valence electrons. The monoisotopic (exact) mass is 305 g/mol. The van der Waals surface area contributed by atoms with E-state index in [1.807, 2.05) is 34.9 Å². The van der Waals surface area contributed by atoms with Crippen molar-refractivity contribution in [1.82, 2.24) is 4.57 Å². The molecule has 0 amide bonds. The van der Waals surface area contributed by atoms with Gasteiger partial charge in [-0.15, -0.1) is 0 Å². The normalized spacial score (nSPS) is 11.3. The molecule has 3 nitrogen and oxygen atoms in total. The van der Waals surface area contributed by atoms with Crippen molar-refractivity contribution in [3.05, 3.63) is 72.5 Å². The molecule has 2 N–H and O–H groups in total. The van der Waals surface area contributed by atoms with Crippen LogP contribution in [0, 0.1) is 5.82 Å². The molecular weight excluding hydrogens is 292 g/mol. The molecule has 4 aromatic rings. The Labute approximate surface area is 132 Å². The van der Waals surface area contributed by atoms with Crippen molar-refractivity contribution in [2.24, 2.45) is 0 Å². The zero-order valence-corrected chi connectivity index (χ0v) is 12.1. The first kappa shape index (κ1) is 14.0. The first-order chi connectivity index (χ1) is 11.1. The number of fused-ring (bicyclic) bond motifs is 3. The second kappa shape index (κ2) is 5.23. The third-order valence-electron chi connectivity index (χ3n) is 4.08. The fourth-order valence-electron chi connectivity index (χ4n) is 3.02. The second-order valence-electron chi connectivity index (χ2n) is 5.48. The van der Waals surface area contributed by atoms with Crippen molar-refractivity contribution in [3.8, 4) is 5.69 Å². The van der Waals surface area contributed by atoms with Crippen LogP contribution in [-0.2, 0) is 0 Å². The molecule has 0 saturated carbocycles. The Bertz CT molecular complexity index is 1010. The number of rotatable bonds is 2. The summed E-state index contributed by atoms with van der Waals surface area (Å²) in [6.45, 7) is 0. The van der Waals surface area contributed by atoms with Gasteiger partial charge in [-0.2, -0.15) is 0 Å². The van der Waals surface area contributed by atoms with Crippen molar-refractivity contribution in [2.75, 3.05) is 0 Å². The van der Waals surface area contributed by atoms with Crippen molar-refractivity contribution >= 4 is 34.4 Å². The van der Waals surface area contributed by atoms with Gasteiger partial charge in [0.15, 0.2) is 0 Å². The van der Waals surface area contributed by atoms with Crippen LogP contribution in [0.2, 0.25) is 0 Å². The zero-order valence-electron chi connectivity index (χ0n) is 12.1. The quantitative estimate of drug-likeness (QED) is 0.559. The smallest absolute Gasteiger partial charge is 0.423 e. The molecule has 0 aliphatic rings. The predicted molar refractivity (Wildman–Crippen MR) is 90.6 cm³/mol. The molecule has 5 heteroatoms. The van der Waals surface area contributed by atoms with Crippen molar-refractivity contribution in [1.29, 1.82) is 0 Å². The van der Waals surface area contributed by atoms with E-state index in [1.54, 1.807) is 24.3 Å². The van der Waals surface area contributed by atoms with Gasteiger partial charge in [0.25, 0.3) is 0 Å². The molecule has 0 spiro atoms. The van der Waals surface area contributed by atoms with E-state index in [9.17, 15) is 14.4 Å². The summed E-state index contributed by atoms with van der Waals surface area (Å²) >= 11 is 0. The lowest BCUT2D eigenvalue weighted by Crippen LogP contribution is -2.29. The van der Waals surface area contributed by atoms with Crippen LogP contribution in [0.1, 0.15) is 0 Å². The topological polar surface area (TPSA) is 45.4 Å². The Morgan fingerprint density at radius 2 is 1.48 bits per heavy atom.